The first kappa shape index (κ1) is 22.2. The van der Waals surface area contributed by atoms with Crippen LogP contribution in [0, 0.1) is 18.3 Å². The third-order valence-corrected chi connectivity index (χ3v) is 7.00. The molecule has 0 spiro atoms. The lowest BCUT2D eigenvalue weighted by atomic mass is 9.92. The zero-order valence-electron chi connectivity index (χ0n) is 17.2. The molecule has 0 unspecified atom stereocenters. The molecule has 1 N–H and O–H groups in total. The number of nitriles is 1. The largest absolute Gasteiger partial charge is 0.404 e. The third-order valence-electron chi connectivity index (χ3n) is 5.50. The molecule has 0 amide bonds. The van der Waals surface area contributed by atoms with Gasteiger partial charge in [0.05, 0.1) is 17.9 Å². The minimum absolute atomic E-state index is 0.104. The van der Waals surface area contributed by atoms with Gasteiger partial charge >= 0.3 is 6.18 Å². The number of hydrogen-bond donors (Lipinski definition) is 1. The number of pyridine rings is 1. The monoisotopic (exact) mass is 464 g/mol. The molecular weight excluding hydrogens is 445 g/mol. The zero-order chi connectivity index (χ0) is 23.3. The second-order valence-corrected chi connectivity index (χ2v) is 9.51. The van der Waals surface area contributed by atoms with E-state index in [2.05, 4.69) is 21.0 Å². The van der Waals surface area contributed by atoms with Gasteiger partial charge in [-0.1, -0.05) is 0 Å². The van der Waals surface area contributed by atoms with E-state index in [4.69, 9.17) is 0 Å². The molecule has 1 saturated carbocycles. The van der Waals surface area contributed by atoms with Crippen LogP contribution in [-0.4, -0.2) is 40.2 Å². The Kier molecular flexibility index (Phi) is 5.42. The van der Waals surface area contributed by atoms with E-state index in [-0.39, 0.29) is 17.4 Å². The molecule has 0 aromatic carbocycles. The van der Waals surface area contributed by atoms with Crippen LogP contribution in [0.2, 0.25) is 0 Å². The molecule has 4 rings (SSSR count). The van der Waals surface area contributed by atoms with E-state index in [0.29, 0.717) is 18.1 Å². The van der Waals surface area contributed by atoms with Crippen molar-refractivity contribution in [2.45, 2.75) is 56.3 Å². The van der Waals surface area contributed by atoms with Crippen LogP contribution in [0.15, 0.2) is 29.6 Å². The van der Waals surface area contributed by atoms with Crippen molar-refractivity contribution in [1.29, 1.82) is 5.26 Å². The van der Waals surface area contributed by atoms with Gasteiger partial charge in [0.2, 0.25) is 10.0 Å². The smallest absolute Gasteiger partial charge is 0.332 e. The van der Waals surface area contributed by atoms with Gasteiger partial charge in [-0.15, -0.1) is 0 Å². The maximum atomic E-state index is 12.8. The van der Waals surface area contributed by atoms with Gasteiger partial charge in [0.25, 0.3) is 0 Å². The SMILES string of the molecule is Cc1cnc2c(C#N)c(-c3ncc(S(=O)(=O)N[C@H](C)C(F)(F)F)cn3)n(C3CCC3)c2c1. The molecule has 1 atom stereocenters. The summed E-state index contributed by atoms with van der Waals surface area (Å²) in [5.41, 5.74) is 2.87. The molecule has 0 saturated heterocycles. The minimum atomic E-state index is -4.73. The minimum Gasteiger partial charge on any atom is -0.332 e. The molecule has 0 aliphatic heterocycles. The lowest BCUT2D eigenvalue weighted by Crippen LogP contribution is -2.43. The Balaban J connectivity index is 1.80. The lowest BCUT2D eigenvalue weighted by Gasteiger charge is -2.29. The molecule has 168 valence electrons. The highest BCUT2D eigenvalue weighted by Gasteiger charge is 2.39. The summed E-state index contributed by atoms with van der Waals surface area (Å²) in [4.78, 5) is 12.1. The molecule has 1 aliphatic rings. The summed E-state index contributed by atoms with van der Waals surface area (Å²) in [6, 6.07) is 1.93. The van der Waals surface area contributed by atoms with Crippen LogP contribution in [0.3, 0.4) is 0 Å². The van der Waals surface area contributed by atoms with Crippen LogP contribution in [0.25, 0.3) is 22.6 Å². The fraction of sp³-hybridized carbons (Fsp3) is 0.400. The first-order valence-electron chi connectivity index (χ1n) is 9.85. The predicted octanol–water partition coefficient (Wildman–Crippen LogP) is 3.63. The number of rotatable bonds is 5. The molecule has 8 nitrogen and oxygen atoms in total. The predicted molar refractivity (Wildman–Crippen MR) is 109 cm³/mol. The normalized spacial score (nSPS) is 16.0. The molecule has 1 aliphatic carbocycles. The maximum Gasteiger partial charge on any atom is 0.404 e. The van der Waals surface area contributed by atoms with E-state index >= 15 is 0 Å². The van der Waals surface area contributed by atoms with E-state index in [1.54, 1.807) is 10.9 Å². The van der Waals surface area contributed by atoms with Gasteiger partial charge in [-0.3, -0.25) is 4.98 Å². The maximum absolute atomic E-state index is 12.8. The summed E-state index contributed by atoms with van der Waals surface area (Å²) < 4.78 is 66.4. The summed E-state index contributed by atoms with van der Waals surface area (Å²) in [7, 11) is -4.49. The number of aryl methyl sites for hydroxylation is 1. The van der Waals surface area contributed by atoms with Gasteiger partial charge in [0.15, 0.2) is 5.82 Å². The first-order valence-corrected chi connectivity index (χ1v) is 11.3. The number of nitrogens with one attached hydrogen (secondary N) is 1. The Labute approximate surface area is 182 Å². The standard InChI is InChI=1S/C20H19F3N6O2S/c1-11-6-16-17(25-8-11)15(7-24)18(29(16)13-4-3-5-13)19-26-9-14(10-27-19)32(30,31)28-12(2)20(21,22)23/h6,8-10,12-13,28H,3-5H2,1-2H3/t12-/m1/s1. The van der Waals surface area contributed by atoms with E-state index in [1.165, 1.54) is 0 Å². The highest BCUT2D eigenvalue weighted by atomic mass is 32.2. The number of fused-ring (bicyclic) bond motifs is 1. The van der Waals surface area contributed by atoms with Gasteiger partial charge in [-0.25, -0.2) is 18.4 Å². The van der Waals surface area contributed by atoms with Crippen molar-refractivity contribution in [3.8, 4) is 17.6 Å². The van der Waals surface area contributed by atoms with Crippen LogP contribution in [0.4, 0.5) is 13.2 Å². The first-order chi connectivity index (χ1) is 15.0. The Hall–Kier alpha value is -3.04. The highest BCUT2D eigenvalue weighted by molar-refractivity contribution is 7.89. The van der Waals surface area contributed by atoms with Gasteiger partial charge in [0.1, 0.15) is 33.8 Å². The third kappa shape index (κ3) is 3.82. The molecule has 3 heterocycles. The van der Waals surface area contributed by atoms with E-state index < -0.39 is 27.1 Å². The van der Waals surface area contributed by atoms with Crippen LogP contribution in [-0.2, 0) is 10.0 Å². The molecule has 3 aromatic rings. The fourth-order valence-electron chi connectivity index (χ4n) is 3.58. The van der Waals surface area contributed by atoms with Crippen molar-refractivity contribution in [2.24, 2.45) is 0 Å². The Bertz CT molecular complexity index is 1320. The second-order valence-electron chi connectivity index (χ2n) is 7.80. The number of halogens is 3. The molecule has 0 radical (unpaired) electrons. The van der Waals surface area contributed by atoms with Crippen LogP contribution >= 0.6 is 0 Å². The Morgan fingerprint density at radius 1 is 1.22 bits per heavy atom. The van der Waals surface area contributed by atoms with Gasteiger partial charge < -0.3 is 4.57 Å². The van der Waals surface area contributed by atoms with Crippen molar-refractivity contribution in [2.75, 3.05) is 0 Å². The van der Waals surface area contributed by atoms with E-state index in [1.807, 2.05) is 17.6 Å². The van der Waals surface area contributed by atoms with E-state index in [9.17, 15) is 26.9 Å². The van der Waals surface area contributed by atoms with Crippen LogP contribution in [0.1, 0.15) is 43.4 Å². The summed E-state index contributed by atoms with van der Waals surface area (Å²) >= 11 is 0. The fourth-order valence-corrected chi connectivity index (χ4v) is 4.70. The van der Waals surface area contributed by atoms with Crippen molar-refractivity contribution in [3.63, 3.8) is 0 Å². The number of alkyl halides is 3. The molecule has 3 aromatic heterocycles. The molecule has 1 fully saturated rings. The van der Waals surface area contributed by atoms with Crippen molar-refractivity contribution in [3.05, 3.63) is 35.8 Å². The number of nitrogens with zero attached hydrogens (tertiary/aromatic N) is 5. The quantitative estimate of drug-likeness (QED) is 0.617. The lowest BCUT2D eigenvalue weighted by molar-refractivity contribution is -0.147. The Morgan fingerprint density at radius 3 is 2.41 bits per heavy atom. The molecular formula is C20H19F3N6O2S. The molecule has 32 heavy (non-hydrogen) atoms. The Morgan fingerprint density at radius 2 is 1.88 bits per heavy atom. The van der Waals surface area contributed by atoms with Crippen LogP contribution in [0.5, 0.6) is 0 Å². The van der Waals surface area contributed by atoms with Gasteiger partial charge in [-0.05, 0) is 44.7 Å². The highest BCUT2D eigenvalue weighted by Crippen LogP contribution is 2.41. The van der Waals surface area contributed by atoms with Crippen LogP contribution < -0.4 is 4.72 Å². The average molecular weight is 464 g/mol. The summed E-state index contributed by atoms with van der Waals surface area (Å²) in [5, 5.41) is 9.82. The molecule has 0 bridgehead atoms. The molecule has 12 heteroatoms. The summed E-state index contributed by atoms with van der Waals surface area (Å²) in [6.45, 7) is 2.60. The average Bonchev–Trinajstić information content (AvgIpc) is 2.99. The topological polar surface area (TPSA) is 114 Å². The summed E-state index contributed by atoms with van der Waals surface area (Å²) in [5.74, 6) is 0.104. The zero-order valence-corrected chi connectivity index (χ0v) is 18.0. The number of aromatic nitrogens is 4. The van der Waals surface area contributed by atoms with Crippen molar-refractivity contribution >= 4 is 21.1 Å². The van der Waals surface area contributed by atoms with Crippen molar-refractivity contribution in [1.82, 2.24) is 24.2 Å². The number of sulfonamides is 1. The van der Waals surface area contributed by atoms with E-state index in [0.717, 1.165) is 42.7 Å². The van der Waals surface area contributed by atoms with Gasteiger partial charge in [-0.2, -0.15) is 23.2 Å². The van der Waals surface area contributed by atoms with Gasteiger partial charge in [0, 0.05) is 12.2 Å². The second kappa shape index (κ2) is 7.83. The number of hydrogen-bond acceptors (Lipinski definition) is 6. The van der Waals surface area contributed by atoms with Crippen molar-refractivity contribution < 1.29 is 21.6 Å². The summed E-state index contributed by atoms with van der Waals surface area (Å²) in [6.07, 6.45) is 1.65.